The van der Waals surface area contributed by atoms with Crippen LogP contribution in [0.15, 0.2) is 24.3 Å². The van der Waals surface area contributed by atoms with Crippen LogP contribution in [-0.2, 0) is 4.79 Å². The molecule has 0 bridgehead atoms. The van der Waals surface area contributed by atoms with Gasteiger partial charge in [-0.2, -0.15) is 0 Å². The predicted molar refractivity (Wildman–Crippen MR) is 76.6 cm³/mol. The monoisotopic (exact) mass is 279 g/mol. The van der Waals surface area contributed by atoms with Crippen LogP contribution in [0.5, 0.6) is 5.75 Å². The van der Waals surface area contributed by atoms with E-state index in [-0.39, 0.29) is 6.04 Å². The van der Waals surface area contributed by atoms with Crippen molar-refractivity contribution in [1.82, 2.24) is 16.0 Å². The molecule has 2 unspecified atom stereocenters. The third kappa shape index (κ3) is 4.24. The fourth-order valence-electron chi connectivity index (χ4n) is 1.62. The number of imide groups is 1. The van der Waals surface area contributed by atoms with Gasteiger partial charge in [-0.25, -0.2) is 4.79 Å². The van der Waals surface area contributed by atoms with Crippen LogP contribution in [0.2, 0.25) is 0 Å². The van der Waals surface area contributed by atoms with E-state index in [1.54, 1.807) is 13.0 Å². The van der Waals surface area contributed by atoms with Crippen LogP contribution in [0.4, 0.5) is 4.79 Å². The lowest BCUT2D eigenvalue weighted by Gasteiger charge is -2.19. The van der Waals surface area contributed by atoms with E-state index in [1.807, 2.05) is 32.2 Å². The second kappa shape index (κ2) is 7.49. The number of hydrogen-bond acceptors (Lipinski definition) is 4. The highest BCUT2D eigenvalue weighted by atomic mass is 16.5. The highest BCUT2D eigenvalue weighted by Gasteiger charge is 2.19. The predicted octanol–water partition coefficient (Wildman–Crippen LogP) is 1.19. The van der Waals surface area contributed by atoms with Gasteiger partial charge in [-0.05, 0) is 27.0 Å². The molecule has 0 aromatic heterocycles. The minimum atomic E-state index is -0.766. The molecular weight excluding hydrogens is 258 g/mol. The highest BCUT2D eigenvalue weighted by molar-refractivity contribution is 5.96. The Bertz CT molecular complexity index is 476. The molecule has 110 valence electrons. The maximum Gasteiger partial charge on any atom is 0.321 e. The molecule has 6 nitrogen and oxygen atoms in total. The van der Waals surface area contributed by atoms with Crippen molar-refractivity contribution in [2.75, 3.05) is 14.1 Å². The summed E-state index contributed by atoms with van der Waals surface area (Å²) in [5.74, 6) is 0.130. The van der Waals surface area contributed by atoms with Gasteiger partial charge >= 0.3 is 6.03 Å². The van der Waals surface area contributed by atoms with Gasteiger partial charge in [0.2, 0.25) is 0 Å². The van der Waals surface area contributed by atoms with E-state index in [4.69, 9.17) is 4.74 Å². The summed E-state index contributed by atoms with van der Waals surface area (Å²) in [6, 6.07) is 7.02. The number of para-hydroxylation sites is 1. The summed E-state index contributed by atoms with van der Waals surface area (Å²) in [5, 5.41) is 7.62. The van der Waals surface area contributed by atoms with Crippen molar-refractivity contribution in [3.8, 4) is 5.75 Å². The van der Waals surface area contributed by atoms with Gasteiger partial charge < -0.3 is 15.4 Å². The van der Waals surface area contributed by atoms with Gasteiger partial charge in [-0.15, -0.1) is 0 Å². The molecule has 0 saturated carbocycles. The topological polar surface area (TPSA) is 79.5 Å². The summed E-state index contributed by atoms with van der Waals surface area (Å²) in [4.78, 5) is 22.8. The minimum Gasteiger partial charge on any atom is -0.481 e. The van der Waals surface area contributed by atoms with Gasteiger partial charge in [0.25, 0.3) is 5.91 Å². The number of ether oxygens (including phenoxy) is 1. The summed E-state index contributed by atoms with van der Waals surface area (Å²) in [6.07, 6.45) is -0.766. The zero-order valence-corrected chi connectivity index (χ0v) is 12.2. The Kier molecular flexibility index (Phi) is 5.99. The first-order valence-electron chi connectivity index (χ1n) is 6.45. The van der Waals surface area contributed by atoms with E-state index in [1.165, 1.54) is 7.05 Å². The van der Waals surface area contributed by atoms with E-state index < -0.39 is 18.0 Å². The average molecular weight is 279 g/mol. The lowest BCUT2D eigenvalue weighted by atomic mass is 10.1. The molecule has 3 amide bonds. The molecule has 0 fully saturated rings. The Morgan fingerprint density at radius 3 is 2.40 bits per heavy atom. The molecular formula is C14H21N3O3. The van der Waals surface area contributed by atoms with E-state index in [2.05, 4.69) is 16.0 Å². The number of amides is 3. The van der Waals surface area contributed by atoms with Crippen molar-refractivity contribution in [2.45, 2.75) is 26.0 Å². The molecule has 0 aliphatic carbocycles. The lowest BCUT2D eigenvalue weighted by Crippen LogP contribution is -2.44. The quantitative estimate of drug-likeness (QED) is 0.756. The van der Waals surface area contributed by atoms with E-state index in [9.17, 15) is 9.59 Å². The van der Waals surface area contributed by atoms with Crippen LogP contribution in [0.1, 0.15) is 25.5 Å². The number of hydrogen-bond donors (Lipinski definition) is 3. The van der Waals surface area contributed by atoms with Crippen molar-refractivity contribution < 1.29 is 14.3 Å². The van der Waals surface area contributed by atoms with Crippen molar-refractivity contribution >= 4 is 11.9 Å². The van der Waals surface area contributed by atoms with Crippen molar-refractivity contribution in [3.05, 3.63) is 29.8 Å². The van der Waals surface area contributed by atoms with Crippen LogP contribution in [0.3, 0.4) is 0 Å². The fraction of sp³-hybridized carbons (Fsp3) is 0.429. The molecule has 1 aromatic rings. The number of urea groups is 1. The van der Waals surface area contributed by atoms with Crippen LogP contribution in [-0.4, -0.2) is 32.1 Å². The van der Waals surface area contributed by atoms with Gasteiger partial charge in [0.1, 0.15) is 5.75 Å². The minimum absolute atomic E-state index is 0.0976. The maximum atomic E-state index is 11.8. The molecule has 0 saturated heterocycles. The van der Waals surface area contributed by atoms with E-state index >= 15 is 0 Å². The number of rotatable bonds is 5. The number of carbonyl (C=O) groups is 2. The van der Waals surface area contributed by atoms with Gasteiger partial charge in [0, 0.05) is 18.7 Å². The molecule has 1 rings (SSSR count). The van der Waals surface area contributed by atoms with Crippen molar-refractivity contribution in [2.24, 2.45) is 0 Å². The molecule has 0 spiro atoms. The Morgan fingerprint density at radius 1 is 1.15 bits per heavy atom. The first kappa shape index (κ1) is 16.0. The summed E-state index contributed by atoms with van der Waals surface area (Å²) in [7, 11) is 3.29. The Labute approximate surface area is 118 Å². The molecule has 0 aliphatic heterocycles. The largest absolute Gasteiger partial charge is 0.481 e. The van der Waals surface area contributed by atoms with Crippen molar-refractivity contribution in [1.29, 1.82) is 0 Å². The Hall–Kier alpha value is -2.08. The van der Waals surface area contributed by atoms with Gasteiger partial charge in [-0.3, -0.25) is 10.1 Å². The first-order valence-corrected chi connectivity index (χ1v) is 6.45. The molecule has 0 radical (unpaired) electrons. The summed E-state index contributed by atoms with van der Waals surface area (Å²) < 4.78 is 5.64. The molecule has 0 heterocycles. The number of benzene rings is 1. The van der Waals surface area contributed by atoms with Crippen LogP contribution in [0, 0.1) is 0 Å². The normalized spacial score (nSPS) is 13.2. The maximum absolute atomic E-state index is 11.8. The molecule has 3 N–H and O–H groups in total. The van der Waals surface area contributed by atoms with Gasteiger partial charge in [0.15, 0.2) is 6.10 Å². The highest BCUT2D eigenvalue weighted by Crippen LogP contribution is 2.25. The third-order valence-corrected chi connectivity index (χ3v) is 2.96. The SMILES string of the molecule is CNC(=O)NC(=O)C(C)Oc1ccccc1C(C)NC. The lowest BCUT2D eigenvalue weighted by molar-refractivity contribution is -0.126. The summed E-state index contributed by atoms with van der Waals surface area (Å²) in [6.45, 7) is 3.59. The fourth-order valence-corrected chi connectivity index (χ4v) is 1.62. The molecule has 0 aliphatic rings. The Balaban J connectivity index is 2.77. The molecule has 2 atom stereocenters. The average Bonchev–Trinajstić information content (AvgIpc) is 2.46. The van der Waals surface area contributed by atoms with Gasteiger partial charge in [-0.1, -0.05) is 18.2 Å². The molecule has 20 heavy (non-hydrogen) atoms. The number of carbonyl (C=O) groups excluding carboxylic acids is 2. The Morgan fingerprint density at radius 2 is 1.80 bits per heavy atom. The first-order chi connectivity index (χ1) is 9.49. The third-order valence-electron chi connectivity index (χ3n) is 2.96. The second-order valence-electron chi connectivity index (χ2n) is 4.38. The van der Waals surface area contributed by atoms with Crippen LogP contribution in [0.25, 0.3) is 0 Å². The van der Waals surface area contributed by atoms with Crippen LogP contribution >= 0.6 is 0 Å². The standard InChI is InChI=1S/C14H21N3O3/c1-9(15-3)11-7-5-6-8-12(11)20-10(2)13(18)17-14(19)16-4/h5-10,15H,1-4H3,(H2,16,17,18,19). The van der Waals surface area contributed by atoms with E-state index in [0.717, 1.165) is 5.56 Å². The summed E-state index contributed by atoms with van der Waals surface area (Å²) in [5.41, 5.74) is 0.953. The smallest absolute Gasteiger partial charge is 0.321 e. The zero-order valence-electron chi connectivity index (χ0n) is 12.2. The number of nitrogens with one attached hydrogen (secondary N) is 3. The van der Waals surface area contributed by atoms with Gasteiger partial charge in [0.05, 0.1) is 0 Å². The zero-order chi connectivity index (χ0) is 15.1. The molecule has 1 aromatic carbocycles. The van der Waals surface area contributed by atoms with Crippen molar-refractivity contribution in [3.63, 3.8) is 0 Å². The molecule has 6 heteroatoms. The second-order valence-corrected chi connectivity index (χ2v) is 4.38. The van der Waals surface area contributed by atoms with E-state index in [0.29, 0.717) is 5.75 Å². The summed E-state index contributed by atoms with van der Waals surface area (Å²) >= 11 is 0. The van der Waals surface area contributed by atoms with Crippen LogP contribution < -0.4 is 20.7 Å².